The van der Waals surface area contributed by atoms with E-state index in [2.05, 4.69) is 59.3 Å². The van der Waals surface area contributed by atoms with Gasteiger partial charge in [-0.25, -0.2) is 0 Å². The Morgan fingerprint density at radius 1 is 0.920 bits per heavy atom. The molecular weight excluding hydrogens is 376 g/mol. The predicted octanol–water partition coefficient (Wildman–Crippen LogP) is 5.99. The van der Waals surface area contributed by atoms with Gasteiger partial charge in [-0.3, -0.25) is 0 Å². The highest BCUT2D eigenvalue weighted by molar-refractivity contribution is 9.11. The van der Waals surface area contributed by atoms with E-state index in [4.69, 9.17) is 9.47 Å². The van der Waals surface area contributed by atoms with E-state index >= 15 is 0 Å². The van der Waals surface area contributed by atoms with Gasteiger partial charge < -0.3 is 9.47 Å². The quantitative estimate of drug-likeness (QED) is 0.569. The molecular formula is C22H23BrO2. The lowest BCUT2D eigenvalue weighted by molar-refractivity contribution is 0.0633. The molecule has 2 aromatic rings. The Bertz CT molecular complexity index is 737. The molecule has 25 heavy (non-hydrogen) atoms. The zero-order chi connectivity index (χ0) is 17.5. The maximum atomic E-state index is 5.95. The van der Waals surface area contributed by atoms with E-state index in [1.807, 2.05) is 36.4 Å². The number of hydrogen-bond donors (Lipinski definition) is 0. The average Bonchev–Trinajstić information content (AvgIpc) is 2.63. The van der Waals surface area contributed by atoms with Crippen LogP contribution in [-0.4, -0.2) is 6.61 Å². The largest absolute Gasteiger partial charge is 0.488 e. The Hall–Kier alpha value is -1.84. The Morgan fingerprint density at radius 3 is 2.12 bits per heavy atom. The lowest BCUT2D eigenvalue weighted by atomic mass is 9.84. The maximum Gasteiger partial charge on any atom is 0.129 e. The summed E-state index contributed by atoms with van der Waals surface area (Å²) in [6, 6.07) is 20.5. The minimum atomic E-state index is -0.0206. The summed E-state index contributed by atoms with van der Waals surface area (Å²) in [6.07, 6.45) is 5.26. The van der Waals surface area contributed by atoms with Crippen LogP contribution < -0.4 is 0 Å². The number of benzene rings is 2. The fourth-order valence-corrected chi connectivity index (χ4v) is 3.63. The molecule has 2 aromatic carbocycles. The Balaban J connectivity index is 1.51. The van der Waals surface area contributed by atoms with Crippen molar-refractivity contribution in [2.24, 2.45) is 5.41 Å². The number of allylic oxidation sites excluding steroid dienone is 2. The maximum absolute atomic E-state index is 5.95. The standard InChI is InChI=1S/C22H23BrO2/c1-22(17-24-15-18-8-4-2-5-9-18)13-12-21(20(23)14-22)25-16-19-10-6-3-7-11-19/h2-12,14H,13,15-17H2,1H3. The van der Waals surface area contributed by atoms with Crippen molar-refractivity contribution < 1.29 is 9.47 Å². The molecule has 0 spiro atoms. The van der Waals surface area contributed by atoms with Crippen LogP contribution in [0.5, 0.6) is 0 Å². The number of ether oxygens (including phenoxy) is 2. The molecule has 3 heteroatoms. The second kappa shape index (κ2) is 8.50. The van der Waals surface area contributed by atoms with Gasteiger partial charge in [-0.15, -0.1) is 0 Å². The number of hydrogen-bond acceptors (Lipinski definition) is 2. The number of halogens is 1. The normalized spacial score (nSPS) is 19.9. The molecule has 3 rings (SSSR count). The summed E-state index contributed by atoms with van der Waals surface area (Å²) >= 11 is 3.65. The zero-order valence-corrected chi connectivity index (χ0v) is 16.0. The Morgan fingerprint density at radius 2 is 1.52 bits per heavy atom. The fourth-order valence-electron chi connectivity index (χ4n) is 2.80. The van der Waals surface area contributed by atoms with Gasteiger partial charge in [-0.2, -0.15) is 0 Å². The summed E-state index contributed by atoms with van der Waals surface area (Å²) in [6.45, 7) is 4.11. The lowest BCUT2D eigenvalue weighted by Crippen LogP contribution is -2.23. The molecule has 130 valence electrons. The summed E-state index contributed by atoms with van der Waals surface area (Å²) in [5, 5.41) is 0. The van der Waals surface area contributed by atoms with Crippen molar-refractivity contribution in [1.82, 2.24) is 0 Å². The SMILES string of the molecule is CC1(COCc2ccccc2)C=C(Br)C(OCc2ccccc2)=CC1. The third kappa shape index (κ3) is 5.32. The summed E-state index contributed by atoms with van der Waals surface area (Å²) in [5.74, 6) is 0.907. The molecule has 0 fully saturated rings. The smallest absolute Gasteiger partial charge is 0.129 e. The molecule has 1 aliphatic rings. The van der Waals surface area contributed by atoms with Crippen molar-refractivity contribution >= 4 is 15.9 Å². The minimum Gasteiger partial charge on any atom is -0.488 e. The van der Waals surface area contributed by atoms with E-state index in [1.54, 1.807) is 0 Å². The van der Waals surface area contributed by atoms with Crippen LogP contribution >= 0.6 is 15.9 Å². The molecule has 1 unspecified atom stereocenters. The molecule has 0 aliphatic heterocycles. The van der Waals surface area contributed by atoms with Crippen molar-refractivity contribution in [2.75, 3.05) is 6.61 Å². The molecule has 1 aliphatic carbocycles. The highest BCUT2D eigenvalue weighted by atomic mass is 79.9. The van der Waals surface area contributed by atoms with E-state index in [9.17, 15) is 0 Å². The van der Waals surface area contributed by atoms with E-state index in [0.29, 0.717) is 19.8 Å². The van der Waals surface area contributed by atoms with Crippen LogP contribution in [0.4, 0.5) is 0 Å². The molecule has 2 nitrogen and oxygen atoms in total. The summed E-state index contributed by atoms with van der Waals surface area (Å²) in [7, 11) is 0. The molecule has 0 bridgehead atoms. The van der Waals surface area contributed by atoms with Crippen LogP contribution in [0.15, 0.2) is 83.1 Å². The monoisotopic (exact) mass is 398 g/mol. The van der Waals surface area contributed by atoms with Crippen LogP contribution in [0.1, 0.15) is 24.5 Å². The predicted molar refractivity (Wildman–Crippen MR) is 105 cm³/mol. The molecule has 0 saturated heterocycles. The van der Waals surface area contributed by atoms with E-state index in [-0.39, 0.29) is 5.41 Å². The van der Waals surface area contributed by atoms with Gasteiger partial charge in [0.25, 0.3) is 0 Å². The molecule has 0 aromatic heterocycles. The lowest BCUT2D eigenvalue weighted by Gasteiger charge is -2.29. The van der Waals surface area contributed by atoms with Gasteiger partial charge >= 0.3 is 0 Å². The number of rotatable bonds is 7. The van der Waals surface area contributed by atoms with Crippen molar-refractivity contribution in [3.63, 3.8) is 0 Å². The van der Waals surface area contributed by atoms with Crippen molar-refractivity contribution in [3.8, 4) is 0 Å². The van der Waals surface area contributed by atoms with Crippen molar-refractivity contribution in [2.45, 2.75) is 26.6 Å². The third-order valence-corrected chi connectivity index (χ3v) is 4.86. The average molecular weight is 399 g/mol. The third-order valence-electron chi connectivity index (χ3n) is 4.24. The van der Waals surface area contributed by atoms with Crippen molar-refractivity contribution in [3.05, 3.63) is 94.2 Å². The summed E-state index contributed by atoms with van der Waals surface area (Å²) < 4.78 is 12.9. The van der Waals surface area contributed by atoms with Crippen LogP contribution in [0.25, 0.3) is 0 Å². The van der Waals surface area contributed by atoms with Crippen LogP contribution in [0, 0.1) is 5.41 Å². The molecule has 0 N–H and O–H groups in total. The van der Waals surface area contributed by atoms with Gasteiger partial charge in [0.05, 0.1) is 17.7 Å². The van der Waals surface area contributed by atoms with Gasteiger partial charge in [0.1, 0.15) is 12.4 Å². The van der Waals surface area contributed by atoms with Crippen LogP contribution in [0.3, 0.4) is 0 Å². The van der Waals surface area contributed by atoms with E-state index in [1.165, 1.54) is 11.1 Å². The second-order valence-electron chi connectivity index (χ2n) is 6.67. The highest BCUT2D eigenvalue weighted by Crippen LogP contribution is 2.36. The highest BCUT2D eigenvalue weighted by Gasteiger charge is 2.26. The van der Waals surface area contributed by atoms with Gasteiger partial charge in [-0.1, -0.05) is 73.7 Å². The Kier molecular flexibility index (Phi) is 6.11. The summed E-state index contributed by atoms with van der Waals surface area (Å²) in [5.41, 5.74) is 2.35. The van der Waals surface area contributed by atoms with Crippen LogP contribution in [0.2, 0.25) is 0 Å². The molecule has 0 saturated carbocycles. The molecule has 0 radical (unpaired) electrons. The topological polar surface area (TPSA) is 18.5 Å². The van der Waals surface area contributed by atoms with Gasteiger partial charge in [0.15, 0.2) is 0 Å². The first-order chi connectivity index (χ1) is 12.1. The molecule has 0 amide bonds. The zero-order valence-electron chi connectivity index (χ0n) is 14.5. The van der Waals surface area contributed by atoms with E-state index in [0.717, 1.165) is 16.7 Å². The van der Waals surface area contributed by atoms with Gasteiger partial charge in [-0.05, 0) is 39.6 Å². The van der Waals surface area contributed by atoms with Crippen LogP contribution in [-0.2, 0) is 22.7 Å². The van der Waals surface area contributed by atoms with E-state index < -0.39 is 0 Å². The fraction of sp³-hybridized carbons (Fsp3) is 0.273. The molecule has 1 atom stereocenters. The molecule has 0 heterocycles. The summed E-state index contributed by atoms with van der Waals surface area (Å²) in [4.78, 5) is 0. The first-order valence-electron chi connectivity index (χ1n) is 8.52. The van der Waals surface area contributed by atoms with Gasteiger partial charge in [0, 0.05) is 5.41 Å². The van der Waals surface area contributed by atoms with Gasteiger partial charge in [0.2, 0.25) is 0 Å². The van der Waals surface area contributed by atoms with Crippen molar-refractivity contribution in [1.29, 1.82) is 0 Å². The Labute approximate surface area is 158 Å². The second-order valence-corrected chi connectivity index (χ2v) is 7.53. The first kappa shape index (κ1) is 18.0. The first-order valence-corrected chi connectivity index (χ1v) is 9.31. The minimum absolute atomic E-state index is 0.0206.